The number of nitrogens with zero attached hydrogens (tertiary/aromatic N) is 2. The van der Waals surface area contributed by atoms with Crippen molar-refractivity contribution in [2.75, 3.05) is 0 Å². The lowest BCUT2D eigenvalue weighted by molar-refractivity contribution is 1.29. The maximum absolute atomic E-state index is 4.29. The van der Waals surface area contributed by atoms with Gasteiger partial charge in [0.05, 0.1) is 11.0 Å². The average Bonchev–Trinajstić information content (AvgIpc) is 2.82. The molecule has 15 heavy (non-hydrogen) atoms. The van der Waals surface area contributed by atoms with E-state index in [0.29, 0.717) is 0 Å². The molecular formula is C12H8N2S. The highest BCUT2D eigenvalue weighted by Gasteiger charge is 2.00. The molecule has 0 fully saturated rings. The Balaban J connectivity index is 2.22. The smallest absolute Gasteiger partial charge is 0.0892 e. The van der Waals surface area contributed by atoms with Crippen LogP contribution in [0.1, 0.15) is 0 Å². The van der Waals surface area contributed by atoms with Gasteiger partial charge in [0.25, 0.3) is 0 Å². The number of fused-ring (bicyclic) bond motifs is 1. The molecule has 3 rings (SSSR count). The van der Waals surface area contributed by atoms with Gasteiger partial charge in [0, 0.05) is 12.4 Å². The predicted molar refractivity (Wildman–Crippen MR) is 62.9 cm³/mol. The second-order valence-electron chi connectivity index (χ2n) is 3.27. The molecule has 0 spiro atoms. The van der Waals surface area contributed by atoms with E-state index in [1.54, 1.807) is 23.7 Å². The molecule has 3 heteroatoms. The number of rotatable bonds is 1. The highest BCUT2D eigenvalue weighted by Crippen LogP contribution is 2.24. The van der Waals surface area contributed by atoms with E-state index in [-0.39, 0.29) is 0 Å². The summed E-state index contributed by atoms with van der Waals surface area (Å²) < 4.78 is 0. The molecule has 2 heterocycles. The lowest BCUT2D eigenvalue weighted by Crippen LogP contribution is -1.82. The molecule has 2 aromatic heterocycles. The van der Waals surface area contributed by atoms with Crippen LogP contribution < -0.4 is 0 Å². The van der Waals surface area contributed by atoms with Crippen LogP contribution in [0.5, 0.6) is 0 Å². The van der Waals surface area contributed by atoms with Crippen LogP contribution in [0, 0.1) is 0 Å². The fourth-order valence-corrected chi connectivity index (χ4v) is 2.24. The van der Waals surface area contributed by atoms with Gasteiger partial charge in [-0.1, -0.05) is 6.07 Å². The molecule has 2 nitrogen and oxygen atoms in total. The molecule has 1 aromatic carbocycles. The van der Waals surface area contributed by atoms with E-state index in [1.807, 2.05) is 6.07 Å². The Hall–Kier alpha value is -1.74. The Kier molecular flexibility index (Phi) is 1.96. The first-order chi connectivity index (χ1) is 7.43. The Bertz CT molecular complexity index is 587. The van der Waals surface area contributed by atoms with Gasteiger partial charge in [-0.2, -0.15) is 11.3 Å². The van der Waals surface area contributed by atoms with Crippen molar-refractivity contribution in [3.8, 4) is 11.1 Å². The molecule has 0 bridgehead atoms. The first kappa shape index (κ1) is 8.56. The largest absolute Gasteiger partial charge is 0.253 e. The lowest BCUT2D eigenvalue weighted by atomic mass is 10.1. The Morgan fingerprint density at radius 1 is 0.867 bits per heavy atom. The summed E-state index contributed by atoms with van der Waals surface area (Å²) in [5, 5.41) is 4.22. The minimum atomic E-state index is 0.941. The van der Waals surface area contributed by atoms with Gasteiger partial charge in [-0.05, 0) is 40.1 Å². The van der Waals surface area contributed by atoms with Crippen molar-refractivity contribution < 1.29 is 0 Å². The van der Waals surface area contributed by atoms with E-state index in [1.165, 1.54) is 11.1 Å². The summed E-state index contributed by atoms with van der Waals surface area (Å²) in [4.78, 5) is 8.54. The Morgan fingerprint density at radius 3 is 2.53 bits per heavy atom. The van der Waals surface area contributed by atoms with Gasteiger partial charge < -0.3 is 0 Å². The zero-order valence-corrected chi connectivity index (χ0v) is 8.74. The fraction of sp³-hybridized carbons (Fsp3) is 0. The minimum absolute atomic E-state index is 0.941. The van der Waals surface area contributed by atoms with Crippen molar-refractivity contribution in [3.63, 3.8) is 0 Å². The van der Waals surface area contributed by atoms with Crippen molar-refractivity contribution in [1.29, 1.82) is 0 Å². The van der Waals surface area contributed by atoms with Crippen LogP contribution in [0.15, 0.2) is 47.4 Å². The topological polar surface area (TPSA) is 25.8 Å². The Morgan fingerprint density at radius 2 is 1.73 bits per heavy atom. The van der Waals surface area contributed by atoms with Crippen molar-refractivity contribution in [2.24, 2.45) is 0 Å². The molecule has 3 aromatic rings. The minimum Gasteiger partial charge on any atom is -0.253 e. The summed E-state index contributed by atoms with van der Waals surface area (Å²) in [6, 6.07) is 8.28. The third kappa shape index (κ3) is 1.51. The van der Waals surface area contributed by atoms with Crippen LogP contribution in [-0.4, -0.2) is 9.97 Å². The lowest BCUT2D eigenvalue weighted by Gasteiger charge is -1.99. The van der Waals surface area contributed by atoms with Crippen molar-refractivity contribution in [2.45, 2.75) is 0 Å². The summed E-state index contributed by atoms with van der Waals surface area (Å²) in [7, 11) is 0. The zero-order valence-electron chi connectivity index (χ0n) is 7.92. The second-order valence-corrected chi connectivity index (χ2v) is 4.05. The van der Waals surface area contributed by atoms with E-state index >= 15 is 0 Å². The quantitative estimate of drug-likeness (QED) is 0.618. The van der Waals surface area contributed by atoms with E-state index in [0.717, 1.165) is 11.0 Å². The molecule has 0 aliphatic carbocycles. The molecule has 0 aliphatic heterocycles. The van der Waals surface area contributed by atoms with Gasteiger partial charge in [-0.25, -0.2) is 0 Å². The fourth-order valence-electron chi connectivity index (χ4n) is 1.57. The van der Waals surface area contributed by atoms with Crippen LogP contribution in [0.4, 0.5) is 0 Å². The molecule has 0 saturated carbocycles. The molecule has 0 aliphatic rings. The van der Waals surface area contributed by atoms with Crippen LogP contribution >= 0.6 is 11.3 Å². The summed E-state index contributed by atoms with van der Waals surface area (Å²) >= 11 is 1.70. The summed E-state index contributed by atoms with van der Waals surface area (Å²) in [6.45, 7) is 0. The molecule has 0 radical (unpaired) electrons. The molecular weight excluding hydrogens is 204 g/mol. The van der Waals surface area contributed by atoms with Gasteiger partial charge in [-0.3, -0.25) is 9.97 Å². The third-order valence-electron chi connectivity index (χ3n) is 2.32. The SMILES string of the molecule is c1cnc2cc(-c3ccsc3)ccc2n1. The molecule has 72 valence electrons. The van der Waals surface area contributed by atoms with Crippen LogP contribution in [0.2, 0.25) is 0 Å². The van der Waals surface area contributed by atoms with Crippen LogP contribution in [0.3, 0.4) is 0 Å². The van der Waals surface area contributed by atoms with Crippen molar-refractivity contribution in [1.82, 2.24) is 9.97 Å². The molecule has 0 amide bonds. The van der Waals surface area contributed by atoms with Gasteiger partial charge in [0.15, 0.2) is 0 Å². The summed E-state index contributed by atoms with van der Waals surface area (Å²) in [5.74, 6) is 0. The number of benzene rings is 1. The highest BCUT2D eigenvalue weighted by molar-refractivity contribution is 7.08. The monoisotopic (exact) mass is 212 g/mol. The molecule has 0 unspecified atom stereocenters. The standard InChI is InChI=1S/C12H8N2S/c1-2-11-12(14-5-4-13-11)7-9(1)10-3-6-15-8-10/h1-8H. The van der Waals surface area contributed by atoms with E-state index < -0.39 is 0 Å². The number of hydrogen-bond acceptors (Lipinski definition) is 3. The number of hydrogen-bond donors (Lipinski definition) is 0. The van der Waals surface area contributed by atoms with Gasteiger partial charge in [0.2, 0.25) is 0 Å². The zero-order chi connectivity index (χ0) is 10.1. The van der Waals surface area contributed by atoms with E-state index in [4.69, 9.17) is 0 Å². The summed E-state index contributed by atoms with van der Waals surface area (Å²) in [5.41, 5.74) is 4.33. The van der Waals surface area contributed by atoms with E-state index in [2.05, 4.69) is 38.9 Å². The van der Waals surface area contributed by atoms with E-state index in [9.17, 15) is 0 Å². The number of thiophene rings is 1. The van der Waals surface area contributed by atoms with Gasteiger partial charge >= 0.3 is 0 Å². The molecule has 0 saturated heterocycles. The summed E-state index contributed by atoms with van der Waals surface area (Å²) in [6.07, 6.45) is 3.44. The normalized spacial score (nSPS) is 10.7. The molecule has 0 N–H and O–H groups in total. The highest BCUT2D eigenvalue weighted by atomic mass is 32.1. The van der Waals surface area contributed by atoms with Gasteiger partial charge in [-0.15, -0.1) is 0 Å². The van der Waals surface area contributed by atoms with Crippen molar-refractivity contribution in [3.05, 3.63) is 47.4 Å². The Labute approximate surface area is 91.2 Å². The van der Waals surface area contributed by atoms with Crippen LogP contribution in [0.25, 0.3) is 22.2 Å². The van der Waals surface area contributed by atoms with Crippen molar-refractivity contribution >= 4 is 22.4 Å². The molecule has 0 atom stereocenters. The third-order valence-corrected chi connectivity index (χ3v) is 3.01. The number of aromatic nitrogens is 2. The van der Waals surface area contributed by atoms with Crippen LogP contribution in [-0.2, 0) is 0 Å². The second kappa shape index (κ2) is 3.44. The average molecular weight is 212 g/mol. The maximum atomic E-state index is 4.29. The predicted octanol–water partition coefficient (Wildman–Crippen LogP) is 3.36. The maximum Gasteiger partial charge on any atom is 0.0892 e. The first-order valence-electron chi connectivity index (χ1n) is 4.67. The van der Waals surface area contributed by atoms with Gasteiger partial charge in [0.1, 0.15) is 0 Å². The first-order valence-corrected chi connectivity index (χ1v) is 5.61.